The van der Waals surface area contributed by atoms with Crippen LogP contribution in [0.15, 0.2) is 58.6 Å². The number of piperazine rings is 1. The van der Waals surface area contributed by atoms with Gasteiger partial charge in [0.1, 0.15) is 12.1 Å². The number of amides is 1. The Hall–Kier alpha value is -2.95. The third-order valence-corrected chi connectivity index (χ3v) is 5.95. The molecule has 7 nitrogen and oxygen atoms in total. The van der Waals surface area contributed by atoms with Gasteiger partial charge in [-0.2, -0.15) is 13.2 Å². The number of furan rings is 1. The minimum atomic E-state index is -4.37. The SMILES string of the molecule is O=C(CSc1nncn1Cc1ccco1)N1CCN(c2cccc(C(F)(F)F)c2)CC1. The van der Waals surface area contributed by atoms with Crippen molar-refractivity contribution in [2.24, 2.45) is 0 Å². The Morgan fingerprint density at radius 1 is 1.13 bits per heavy atom. The van der Waals surface area contributed by atoms with E-state index in [0.717, 1.165) is 17.9 Å². The minimum absolute atomic E-state index is 0.0405. The highest BCUT2D eigenvalue weighted by Gasteiger charge is 2.31. The summed E-state index contributed by atoms with van der Waals surface area (Å²) in [7, 11) is 0. The van der Waals surface area contributed by atoms with Crippen molar-refractivity contribution in [3.63, 3.8) is 0 Å². The average molecular weight is 451 g/mol. The van der Waals surface area contributed by atoms with Gasteiger partial charge in [-0.3, -0.25) is 4.79 Å². The van der Waals surface area contributed by atoms with Crippen molar-refractivity contribution in [1.29, 1.82) is 0 Å². The van der Waals surface area contributed by atoms with Crippen LogP contribution >= 0.6 is 11.8 Å². The summed E-state index contributed by atoms with van der Waals surface area (Å²) in [6.07, 6.45) is -1.19. The van der Waals surface area contributed by atoms with Crippen LogP contribution in [0.2, 0.25) is 0 Å². The quantitative estimate of drug-likeness (QED) is 0.536. The number of benzene rings is 1. The molecule has 4 rings (SSSR count). The van der Waals surface area contributed by atoms with Gasteiger partial charge in [0.05, 0.1) is 24.1 Å². The van der Waals surface area contributed by atoms with Crippen LogP contribution in [0.4, 0.5) is 18.9 Å². The minimum Gasteiger partial charge on any atom is -0.467 e. The Bertz CT molecular complexity index is 1010. The number of hydrogen-bond acceptors (Lipinski definition) is 6. The Morgan fingerprint density at radius 2 is 1.94 bits per heavy atom. The van der Waals surface area contributed by atoms with Crippen molar-refractivity contribution >= 4 is 23.4 Å². The predicted octanol–water partition coefficient (Wildman–Crippen LogP) is 3.38. The van der Waals surface area contributed by atoms with Gasteiger partial charge < -0.3 is 18.8 Å². The van der Waals surface area contributed by atoms with Gasteiger partial charge >= 0.3 is 6.18 Å². The maximum atomic E-state index is 12.9. The largest absolute Gasteiger partial charge is 0.467 e. The van der Waals surface area contributed by atoms with Gasteiger partial charge in [-0.1, -0.05) is 17.8 Å². The lowest BCUT2D eigenvalue weighted by molar-refractivity contribution is -0.137. The molecule has 0 spiro atoms. The van der Waals surface area contributed by atoms with Crippen LogP contribution in [0, 0.1) is 0 Å². The average Bonchev–Trinajstić information content (AvgIpc) is 3.44. The second-order valence-corrected chi connectivity index (χ2v) is 7.97. The molecule has 31 heavy (non-hydrogen) atoms. The first kappa shape index (κ1) is 21.3. The fourth-order valence-corrected chi connectivity index (χ4v) is 4.16. The highest BCUT2D eigenvalue weighted by atomic mass is 32.2. The molecule has 11 heteroatoms. The maximum Gasteiger partial charge on any atom is 0.416 e. The van der Waals surface area contributed by atoms with Gasteiger partial charge in [-0.15, -0.1) is 10.2 Å². The first-order chi connectivity index (χ1) is 14.9. The summed E-state index contributed by atoms with van der Waals surface area (Å²) < 4.78 is 46.0. The molecule has 3 heterocycles. The van der Waals surface area contributed by atoms with E-state index in [2.05, 4.69) is 10.2 Å². The lowest BCUT2D eigenvalue weighted by Crippen LogP contribution is -2.49. The highest BCUT2D eigenvalue weighted by molar-refractivity contribution is 7.99. The number of hydrogen-bond donors (Lipinski definition) is 0. The number of aromatic nitrogens is 3. The molecule has 0 saturated carbocycles. The third kappa shape index (κ3) is 5.22. The summed E-state index contributed by atoms with van der Waals surface area (Å²) in [6.45, 7) is 2.34. The van der Waals surface area contributed by atoms with E-state index in [9.17, 15) is 18.0 Å². The van der Waals surface area contributed by atoms with E-state index in [1.54, 1.807) is 29.6 Å². The van der Waals surface area contributed by atoms with Crippen molar-refractivity contribution in [2.45, 2.75) is 17.9 Å². The van der Waals surface area contributed by atoms with E-state index in [4.69, 9.17) is 4.42 Å². The monoisotopic (exact) mass is 451 g/mol. The first-order valence-corrected chi connectivity index (χ1v) is 10.6. The van der Waals surface area contributed by atoms with Crippen molar-refractivity contribution < 1.29 is 22.4 Å². The molecule has 2 aromatic heterocycles. The number of thioether (sulfide) groups is 1. The summed E-state index contributed by atoms with van der Waals surface area (Å²) in [5.74, 6) is 0.931. The lowest BCUT2D eigenvalue weighted by Gasteiger charge is -2.36. The molecule has 1 fully saturated rings. The molecule has 0 atom stereocenters. The zero-order valence-corrected chi connectivity index (χ0v) is 17.3. The molecule has 1 saturated heterocycles. The van der Waals surface area contributed by atoms with Gasteiger partial charge in [0, 0.05) is 31.9 Å². The van der Waals surface area contributed by atoms with Gasteiger partial charge in [-0.05, 0) is 30.3 Å². The molecular weight excluding hydrogens is 431 g/mol. The van der Waals surface area contributed by atoms with Gasteiger partial charge in [0.2, 0.25) is 5.91 Å². The van der Waals surface area contributed by atoms with Crippen molar-refractivity contribution in [3.05, 3.63) is 60.3 Å². The number of carbonyl (C=O) groups excluding carboxylic acids is 1. The molecule has 1 aliphatic heterocycles. The molecule has 1 aliphatic rings. The fraction of sp³-hybridized carbons (Fsp3) is 0.350. The Kier molecular flexibility index (Phi) is 6.21. The van der Waals surface area contributed by atoms with Crippen LogP contribution in [0.3, 0.4) is 0 Å². The Morgan fingerprint density at radius 3 is 2.65 bits per heavy atom. The van der Waals surface area contributed by atoms with Crippen molar-refractivity contribution in [2.75, 3.05) is 36.8 Å². The van der Waals surface area contributed by atoms with Crippen LogP contribution < -0.4 is 4.90 Å². The topological polar surface area (TPSA) is 67.4 Å². The summed E-state index contributed by atoms with van der Waals surface area (Å²) in [5.41, 5.74) is -0.152. The van der Waals surface area contributed by atoms with E-state index in [0.29, 0.717) is 43.6 Å². The van der Waals surface area contributed by atoms with Crippen LogP contribution in [0.5, 0.6) is 0 Å². The van der Waals surface area contributed by atoms with E-state index in [-0.39, 0.29) is 11.7 Å². The summed E-state index contributed by atoms with van der Waals surface area (Å²) >= 11 is 1.30. The lowest BCUT2D eigenvalue weighted by atomic mass is 10.1. The number of alkyl halides is 3. The molecule has 0 unspecified atom stereocenters. The number of rotatable bonds is 6. The zero-order valence-electron chi connectivity index (χ0n) is 16.5. The molecule has 164 valence electrons. The highest BCUT2D eigenvalue weighted by Crippen LogP contribution is 2.32. The normalized spacial score (nSPS) is 14.8. The maximum absolute atomic E-state index is 12.9. The Balaban J connectivity index is 1.29. The molecule has 1 aromatic carbocycles. The predicted molar refractivity (Wildman–Crippen MR) is 109 cm³/mol. The molecule has 0 radical (unpaired) electrons. The third-order valence-electron chi connectivity index (χ3n) is 4.98. The van der Waals surface area contributed by atoms with Crippen LogP contribution in [-0.4, -0.2) is 57.5 Å². The molecule has 3 aromatic rings. The van der Waals surface area contributed by atoms with Gasteiger partial charge in [0.15, 0.2) is 5.16 Å². The molecule has 0 bridgehead atoms. The summed E-state index contributed by atoms with van der Waals surface area (Å²) in [5, 5.41) is 8.57. The van der Waals surface area contributed by atoms with E-state index >= 15 is 0 Å². The zero-order chi connectivity index (χ0) is 21.8. The Labute approximate surface area is 180 Å². The van der Waals surface area contributed by atoms with Crippen molar-refractivity contribution in [1.82, 2.24) is 19.7 Å². The summed E-state index contributed by atoms with van der Waals surface area (Å²) in [6, 6.07) is 8.93. The van der Waals surface area contributed by atoms with Crippen LogP contribution in [-0.2, 0) is 17.5 Å². The van der Waals surface area contributed by atoms with Crippen LogP contribution in [0.25, 0.3) is 0 Å². The standard InChI is InChI=1S/C20H20F3N5O2S/c21-20(22,23)15-3-1-4-16(11-15)26-6-8-27(9-7-26)18(29)13-31-19-25-24-14-28(19)12-17-5-2-10-30-17/h1-5,10-11,14H,6-9,12-13H2. The number of carbonyl (C=O) groups is 1. The first-order valence-electron chi connectivity index (χ1n) is 9.63. The van der Waals surface area contributed by atoms with E-state index in [1.807, 2.05) is 15.5 Å². The summed E-state index contributed by atoms with van der Waals surface area (Å²) in [4.78, 5) is 16.2. The number of anilines is 1. The second-order valence-electron chi connectivity index (χ2n) is 7.03. The van der Waals surface area contributed by atoms with Gasteiger partial charge in [0.25, 0.3) is 0 Å². The number of nitrogens with zero attached hydrogens (tertiary/aromatic N) is 5. The van der Waals surface area contributed by atoms with Crippen molar-refractivity contribution in [3.8, 4) is 0 Å². The van der Waals surface area contributed by atoms with Crippen LogP contribution in [0.1, 0.15) is 11.3 Å². The second kappa shape index (κ2) is 9.04. The van der Waals surface area contributed by atoms with Gasteiger partial charge in [-0.25, -0.2) is 0 Å². The smallest absolute Gasteiger partial charge is 0.416 e. The molecule has 1 amide bonds. The number of halogens is 3. The molecule has 0 aliphatic carbocycles. The fourth-order valence-electron chi connectivity index (χ4n) is 3.35. The molecule has 0 N–H and O–H groups in total. The molecular formula is C20H20F3N5O2S. The van der Waals surface area contributed by atoms with E-state index in [1.165, 1.54) is 17.8 Å². The van der Waals surface area contributed by atoms with E-state index < -0.39 is 11.7 Å².